The van der Waals surface area contributed by atoms with Gasteiger partial charge in [0.2, 0.25) is 0 Å². The fourth-order valence-corrected chi connectivity index (χ4v) is 7.00. The monoisotopic (exact) mass is 738 g/mol. The van der Waals surface area contributed by atoms with Gasteiger partial charge in [-0.2, -0.15) is 39.5 Å². The lowest BCUT2D eigenvalue weighted by atomic mass is 9.89. The molecule has 2 N–H and O–H groups in total. The lowest BCUT2D eigenvalue weighted by molar-refractivity contribution is -0.143. The fourth-order valence-electron chi connectivity index (χ4n) is 7.00. The molecule has 2 heterocycles. The van der Waals surface area contributed by atoms with Crippen molar-refractivity contribution < 1.29 is 58.9 Å². The number of carboxylic acid groups (broad SMARTS) is 1. The molecular weight excluding hydrogens is 707 g/mol. The van der Waals surface area contributed by atoms with E-state index in [9.17, 15) is 54.2 Å². The standard InChI is InChI=1S/C36H27F9N2O4.CH4/c1-17-11-19(32(48)49)3-6-24(17)18-4-10-30(51-2)27(14-18)25-7-5-21(34(37,38)39)16-26(25)28-8-9-29-31(46-33(50)47(28)29)20-12-22(35(40,41)42)15-23(13-20)36(43,44)45;/h3-7,10-16,28-29,31H,8-9H2,1-2H3,(H,46,50)(H,48,49);1H4/t28-,29-,31+;/m0./s1. The van der Waals surface area contributed by atoms with E-state index in [1.54, 1.807) is 31.2 Å². The van der Waals surface area contributed by atoms with Crippen molar-refractivity contribution in [1.29, 1.82) is 0 Å². The van der Waals surface area contributed by atoms with Crippen molar-refractivity contribution in [1.82, 2.24) is 10.2 Å². The average Bonchev–Trinajstić information content (AvgIpc) is 3.63. The third-order valence-corrected chi connectivity index (χ3v) is 9.31. The first-order valence-electron chi connectivity index (χ1n) is 15.4. The van der Waals surface area contributed by atoms with Crippen LogP contribution in [0.1, 0.15) is 76.1 Å². The fraction of sp³-hybridized carbons (Fsp3) is 0.297. The molecule has 4 aromatic rings. The number of aromatic carboxylic acids is 1. The van der Waals surface area contributed by atoms with Crippen LogP contribution in [0.5, 0.6) is 5.75 Å². The van der Waals surface area contributed by atoms with Gasteiger partial charge < -0.3 is 20.1 Å². The summed E-state index contributed by atoms with van der Waals surface area (Å²) in [5.41, 5.74) is -2.16. The van der Waals surface area contributed by atoms with Crippen molar-refractivity contribution in [2.45, 2.75) is 63.8 Å². The second-order valence-electron chi connectivity index (χ2n) is 12.4. The molecule has 0 radical (unpaired) electrons. The zero-order valence-corrected chi connectivity index (χ0v) is 26.6. The molecule has 0 saturated carbocycles. The Morgan fingerprint density at radius 1 is 0.769 bits per heavy atom. The number of rotatable bonds is 6. The van der Waals surface area contributed by atoms with Gasteiger partial charge in [-0.05, 0) is 108 Å². The topological polar surface area (TPSA) is 78.9 Å². The van der Waals surface area contributed by atoms with Crippen LogP contribution in [0.3, 0.4) is 0 Å². The number of halogens is 9. The van der Waals surface area contributed by atoms with Crippen LogP contribution in [-0.2, 0) is 18.5 Å². The van der Waals surface area contributed by atoms with Crippen LogP contribution in [0.25, 0.3) is 22.3 Å². The van der Waals surface area contributed by atoms with Crippen LogP contribution in [0.4, 0.5) is 44.3 Å². The van der Waals surface area contributed by atoms with Gasteiger partial charge in [0, 0.05) is 5.56 Å². The highest BCUT2D eigenvalue weighted by atomic mass is 19.4. The molecule has 2 amide bonds. The minimum Gasteiger partial charge on any atom is -0.496 e. The van der Waals surface area contributed by atoms with Crippen molar-refractivity contribution in [3.8, 4) is 28.0 Å². The number of carboxylic acids is 1. The highest BCUT2D eigenvalue weighted by Gasteiger charge is 2.50. The number of aryl methyl sites for hydroxylation is 1. The van der Waals surface area contributed by atoms with E-state index in [4.69, 9.17) is 4.74 Å². The molecule has 0 bridgehead atoms. The number of carbonyl (C=O) groups is 2. The molecule has 0 unspecified atom stereocenters. The smallest absolute Gasteiger partial charge is 0.416 e. The lowest BCUT2D eigenvalue weighted by Crippen LogP contribution is -2.32. The largest absolute Gasteiger partial charge is 0.496 e. The van der Waals surface area contributed by atoms with Crippen LogP contribution in [0.15, 0.2) is 72.8 Å². The molecule has 3 atom stereocenters. The number of hydrogen-bond donors (Lipinski definition) is 2. The van der Waals surface area contributed by atoms with E-state index in [0.29, 0.717) is 34.4 Å². The summed E-state index contributed by atoms with van der Waals surface area (Å²) in [6.07, 6.45) is -15.0. The van der Waals surface area contributed by atoms with Crippen LogP contribution < -0.4 is 10.1 Å². The molecule has 0 spiro atoms. The quantitative estimate of drug-likeness (QED) is 0.193. The van der Waals surface area contributed by atoms with Crippen molar-refractivity contribution in [2.24, 2.45) is 0 Å². The van der Waals surface area contributed by atoms with E-state index in [0.717, 1.165) is 12.1 Å². The number of ether oxygens (including phenoxy) is 1. The molecule has 2 saturated heterocycles. The Morgan fingerprint density at radius 2 is 1.38 bits per heavy atom. The Balaban J connectivity index is 0.00000523. The summed E-state index contributed by atoms with van der Waals surface area (Å²) in [6, 6.07) is 9.15. The van der Waals surface area contributed by atoms with E-state index in [2.05, 4.69) is 5.32 Å². The maximum Gasteiger partial charge on any atom is 0.416 e. The van der Waals surface area contributed by atoms with Crippen molar-refractivity contribution in [3.63, 3.8) is 0 Å². The minimum absolute atomic E-state index is 0. The van der Waals surface area contributed by atoms with Crippen LogP contribution >= 0.6 is 0 Å². The SMILES string of the molecule is C.COc1ccc(-c2ccc(C(=O)O)cc2C)cc1-c1ccc(C(F)(F)F)cc1[C@@H]1CC[C@H]2[C@@H](c3cc(C(F)(F)F)cc(C(F)(F)F)c3)NC(=O)N12. The summed E-state index contributed by atoms with van der Waals surface area (Å²) < 4.78 is 130. The number of amides is 2. The van der Waals surface area contributed by atoms with Crippen LogP contribution in [-0.4, -0.2) is 35.2 Å². The van der Waals surface area contributed by atoms with E-state index < -0.39 is 70.9 Å². The second kappa shape index (κ2) is 13.4. The Morgan fingerprint density at radius 3 is 1.94 bits per heavy atom. The van der Waals surface area contributed by atoms with Gasteiger partial charge >= 0.3 is 30.5 Å². The number of benzene rings is 4. The molecule has 2 aliphatic rings. The number of fused-ring (bicyclic) bond motifs is 1. The van der Waals surface area contributed by atoms with Gasteiger partial charge in [0.15, 0.2) is 0 Å². The summed E-state index contributed by atoms with van der Waals surface area (Å²) >= 11 is 0. The van der Waals surface area contributed by atoms with Gasteiger partial charge in [-0.3, -0.25) is 0 Å². The summed E-state index contributed by atoms with van der Waals surface area (Å²) in [7, 11) is 1.35. The van der Waals surface area contributed by atoms with Gasteiger partial charge in [-0.1, -0.05) is 25.6 Å². The number of carbonyl (C=O) groups excluding carboxylic acids is 1. The zero-order valence-electron chi connectivity index (χ0n) is 26.6. The average molecular weight is 739 g/mol. The Kier molecular flexibility index (Phi) is 9.80. The number of hydrogen-bond acceptors (Lipinski definition) is 3. The Bertz CT molecular complexity index is 2010. The molecule has 2 aliphatic heterocycles. The van der Waals surface area contributed by atoms with Crippen LogP contribution in [0, 0.1) is 6.92 Å². The first-order chi connectivity index (χ1) is 23.8. The maximum absolute atomic E-state index is 14.1. The Hall–Kier alpha value is -5.21. The van der Waals surface area contributed by atoms with E-state index in [1.807, 2.05) is 0 Å². The highest BCUT2D eigenvalue weighted by molar-refractivity contribution is 5.89. The van der Waals surface area contributed by atoms with Gasteiger partial charge in [-0.15, -0.1) is 0 Å². The zero-order chi connectivity index (χ0) is 37.2. The molecular formula is C37H31F9N2O4. The van der Waals surface area contributed by atoms with Gasteiger partial charge in [0.05, 0.1) is 47.5 Å². The van der Waals surface area contributed by atoms with Gasteiger partial charge in [0.1, 0.15) is 5.75 Å². The normalized spacial score (nSPS) is 18.9. The number of urea groups is 1. The first kappa shape index (κ1) is 38.0. The Labute approximate surface area is 291 Å². The van der Waals surface area contributed by atoms with Crippen LogP contribution in [0.2, 0.25) is 0 Å². The highest BCUT2D eigenvalue weighted by Crippen LogP contribution is 2.50. The molecule has 276 valence electrons. The third kappa shape index (κ3) is 7.00. The third-order valence-electron chi connectivity index (χ3n) is 9.31. The first-order valence-corrected chi connectivity index (χ1v) is 15.4. The number of nitrogens with zero attached hydrogens (tertiary/aromatic N) is 1. The summed E-state index contributed by atoms with van der Waals surface area (Å²) in [5, 5.41) is 11.8. The van der Waals surface area contributed by atoms with Crippen molar-refractivity contribution >= 4 is 12.0 Å². The minimum atomic E-state index is -5.13. The lowest BCUT2D eigenvalue weighted by Gasteiger charge is -2.28. The summed E-state index contributed by atoms with van der Waals surface area (Å²) in [4.78, 5) is 26.1. The number of nitrogens with one attached hydrogen (secondary N) is 1. The molecule has 0 aliphatic carbocycles. The molecule has 2 fully saturated rings. The molecule has 6 nitrogen and oxygen atoms in total. The molecule has 4 aromatic carbocycles. The number of methoxy groups -OCH3 is 1. The second-order valence-corrected chi connectivity index (χ2v) is 12.4. The van der Waals surface area contributed by atoms with Crippen molar-refractivity contribution in [3.05, 3.63) is 112 Å². The van der Waals surface area contributed by atoms with E-state index >= 15 is 0 Å². The predicted molar refractivity (Wildman–Crippen MR) is 173 cm³/mol. The molecule has 52 heavy (non-hydrogen) atoms. The molecule has 0 aromatic heterocycles. The van der Waals surface area contributed by atoms with Gasteiger partial charge in [-0.25, -0.2) is 9.59 Å². The predicted octanol–water partition coefficient (Wildman–Crippen LogP) is 10.7. The summed E-state index contributed by atoms with van der Waals surface area (Å²) in [6.45, 7) is 1.69. The van der Waals surface area contributed by atoms with E-state index in [-0.39, 0.29) is 48.8 Å². The molecule has 6 rings (SSSR count). The van der Waals surface area contributed by atoms with Crippen molar-refractivity contribution in [2.75, 3.05) is 7.11 Å². The maximum atomic E-state index is 14.1. The summed E-state index contributed by atoms with van der Waals surface area (Å²) in [5.74, 6) is -0.882. The van der Waals surface area contributed by atoms with Gasteiger partial charge in [0.25, 0.3) is 0 Å². The number of alkyl halides is 9. The molecule has 15 heteroatoms. The van der Waals surface area contributed by atoms with E-state index in [1.165, 1.54) is 30.2 Å².